The minimum Gasteiger partial charge on any atom is -0.486 e. The number of rotatable bonds is 4. The third-order valence-electron chi connectivity index (χ3n) is 2.61. The van der Waals surface area contributed by atoms with Gasteiger partial charge in [-0.2, -0.15) is 0 Å². The van der Waals surface area contributed by atoms with Gasteiger partial charge in [-0.3, -0.25) is 0 Å². The van der Waals surface area contributed by atoms with Gasteiger partial charge in [0.2, 0.25) is 0 Å². The van der Waals surface area contributed by atoms with Crippen LogP contribution in [0.15, 0.2) is 22.7 Å². The Morgan fingerprint density at radius 2 is 2.12 bits per heavy atom. The van der Waals surface area contributed by atoms with Crippen LogP contribution in [0.3, 0.4) is 0 Å². The summed E-state index contributed by atoms with van der Waals surface area (Å²) in [7, 11) is 3.23. The Morgan fingerprint density at radius 1 is 1.35 bits per heavy atom. The molecule has 0 saturated carbocycles. The molecule has 0 saturated heterocycles. The Kier molecular flexibility index (Phi) is 4.25. The summed E-state index contributed by atoms with van der Waals surface area (Å²) in [5, 5.41) is 0. The molecule has 0 aliphatic carbocycles. The van der Waals surface area contributed by atoms with Crippen molar-refractivity contribution in [3.63, 3.8) is 0 Å². The normalized spacial score (nSPS) is 18.5. The lowest BCUT2D eigenvalue weighted by Gasteiger charge is -2.28. The van der Waals surface area contributed by atoms with Gasteiger partial charge in [-0.05, 0) is 18.2 Å². The molecule has 0 radical (unpaired) electrons. The van der Waals surface area contributed by atoms with Gasteiger partial charge in [-0.15, -0.1) is 0 Å². The van der Waals surface area contributed by atoms with Crippen LogP contribution in [-0.4, -0.2) is 33.2 Å². The van der Waals surface area contributed by atoms with E-state index in [1.807, 2.05) is 18.2 Å². The minimum atomic E-state index is -0.266. The molecule has 4 nitrogen and oxygen atoms in total. The summed E-state index contributed by atoms with van der Waals surface area (Å²) in [4.78, 5) is 0. The highest BCUT2D eigenvalue weighted by Gasteiger charge is 2.24. The van der Waals surface area contributed by atoms with Crippen LogP contribution in [0.5, 0.6) is 11.5 Å². The van der Waals surface area contributed by atoms with Crippen LogP contribution in [0.4, 0.5) is 0 Å². The first-order chi connectivity index (χ1) is 8.22. The van der Waals surface area contributed by atoms with Crippen LogP contribution >= 0.6 is 15.9 Å². The second-order valence-corrected chi connectivity index (χ2v) is 4.69. The zero-order valence-corrected chi connectivity index (χ0v) is 11.4. The molecular formula is C12H15BrO4. The topological polar surface area (TPSA) is 36.9 Å². The molecule has 2 rings (SSSR count). The molecule has 1 aliphatic rings. The van der Waals surface area contributed by atoms with Crippen LogP contribution in [-0.2, 0) is 9.47 Å². The summed E-state index contributed by atoms with van der Waals surface area (Å²) >= 11 is 3.40. The van der Waals surface area contributed by atoms with Gasteiger partial charge >= 0.3 is 0 Å². The standard InChI is InChI=1S/C12H15BrO4/c1-14-12(15-2)6-9-7-16-10-4-3-8(13)5-11(10)17-9/h3-5,9,12H,6-7H2,1-2H3. The fraction of sp³-hybridized carbons (Fsp3) is 0.500. The predicted octanol–water partition coefficient (Wildman–Crippen LogP) is 2.60. The molecule has 1 atom stereocenters. The minimum absolute atomic E-state index is 0.0540. The molecule has 0 aromatic heterocycles. The highest BCUT2D eigenvalue weighted by Crippen LogP contribution is 2.34. The highest BCUT2D eigenvalue weighted by molar-refractivity contribution is 9.10. The monoisotopic (exact) mass is 302 g/mol. The van der Waals surface area contributed by atoms with E-state index in [0.29, 0.717) is 13.0 Å². The van der Waals surface area contributed by atoms with Gasteiger partial charge in [-0.25, -0.2) is 0 Å². The van der Waals surface area contributed by atoms with Gasteiger partial charge in [0.15, 0.2) is 17.8 Å². The lowest BCUT2D eigenvalue weighted by atomic mass is 10.2. The van der Waals surface area contributed by atoms with Crippen molar-refractivity contribution in [3.8, 4) is 11.5 Å². The van der Waals surface area contributed by atoms with E-state index >= 15 is 0 Å². The number of hydrogen-bond donors (Lipinski definition) is 0. The summed E-state index contributed by atoms with van der Waals surface area (Å²) in [6, 6.07) is 5.71. The van der Waals surface area contributed by atoms with E-state index in [1.54, 1.807) is 14.2 Å². The van der Waals surface area contributed by atoms with Crippen LogP contribution in [0.25, 0.3) is 0 Å². The van der Waals surface area contributed by atoms with Crippen molar-refractivity contribution < 1.29 is 18.9 Å². The maximum Gasteiger partial charge on any atom is 0.162 e. The second-order valence-electron chi connectivity index (χ2n) is 3.78. The molecule has 1 aliphatic heterocycles. The molecule has 0 bridgehead atoms. The lowest BCUT2D eigenvalue weighted by Crippen LogP contribution is -2.33. The molecule has 0 spiro atoms. The molecule has 0 amide bonds. The fourth-order valence-corrected chi connectivity index (χ4v) is 2.05. The molecule has 1 aromatic rings. The lowest BCUT2D eigenvalue weighted by molar-refractivity contribution is -0.124. The largest absolute Gasteiger partial charge is 0.486 e. The zero-order valence-electron chi connectivity index (χ0n) is 9.81. The van der Waals surface area contributed by atoms with E-state index < -0.39 is 0 Å². The summed E-state index contributed by atoms with van der Waals surface area (Å²) in [5.74, 6) is 1.53. The highest BCUT2D eigenvalue weighted by atomic mass is 79.9. The SMILES string of the molecule is COC(CC1COc2ccc(Br)cc2O1)OC. The molecule has 0 fully saturated rings. The first-order valence-corrected chi connectivity index (χ1v) is 6.17. The van der Waals surface area contributed by atoms with Crippen molar-refractivity contribution in [1.29, 1.82) is 0 Å². The molecule has 1 heterocycles. The van der Waals surface area contributed by atoms with Gasteiger partial charge in [0.25, 0.3) is 0 Å². The molecule has 1 aromatic carbocycles. The molecular weight excluding hydrogens is 288 g/mol. The number of ether oxygens (including phenoxy) is 4. The Balaban J connectivity index is 2.02. The van der Waals surface area contributed by atoms with Gasteiger partial charge in [0.1, 0.15) is 12.7 Å². The Bertz CT molecular complexity index is 379. The van der Waals surface area contributed by atoms with E-state index in [0.717, 1.165) is 16.0 Å². The van der Waals surface area contributed by atoms with Crippen LogP contribution in [0.1, 0.15) is 6.42 Å². The van der Waals surface area contributed by atoms with Crippen molar-refractivity contribution in [2.75, 3.05) is 20.8 Å². The summed E-state index contributed by atoms with van der Waals surface area (Å²) in [6.45, 7) is 0.512. The Labute approximate surface area is 109 Å². The van der Waals surface area contributed by atoms with Crippen molar-refractivity contribution in [1.82, 2.24) is 0 Å². The van der Waals surface area contributed by atoms with Crippen molar-refractivity contribution in [2.24, 2.45) is 0 Å². The molecule has 17 heavy (non-hydrogen) atoms. The van der Waals surface area contributed by atoms with Crippen molar-refractivity contribution in [2.45, 2.75) is 18.8 Å². The average Bonchev–Trinajstić information content (AvgIpc) is 2.35. The number of halogens is 1. The Hall–Kier alpha value is -0.780. The molecule has 1 unspecified atom stereocenters. The molecule has 0 N–H and O–H groups in total. The number of hydrogen-bond acceptors (Lipinski definition) is 4. The maximum absolute atomic E-state index is 5.83. The summed E-state index contributed by atoms with van der Waals surface area (Å²) in [6.07, 6.45) is 0.317. The smallest absolute Gasteiger partial charge is 0.162 e. The van der Waals surface area contributed by atoms with Gasteiger partial charge in [0.05, 0.1) is 0 Å². The van der Waals surface area contributed by atoms with Crippen molar-refractivity contribution in [3.05, 3.63) is 22.7 Å². The summed E-state index contributed by atoms with van der Waals surface area (Å²) < 4.78 is 22.7. The van der Waals surface area contributed by atoms with Crippen LogP contribution in [0.2, 0.25) is 0 Å². The third-order valence-corrected chi connectivity index (χ3v) is 3.10. The molecule has 5 heteroatoms. The van der Waals surface area contributed by atoms with E-state index in [9.17, 15) is 0 Å². The predicted molar refractivity (Wildman–Crippen MR) is 66.5 cm³/mol. The maximum atomic E-state index is 5.83. The van der Waals surface area contributed by atoms with Crippen molar-refractivity contribution >= 4 is 15.9 Å². The first-order valence-electron chi connectivity index (χ1n) is 5.37. The number of methoxy groups -OCH3 is 2. The van der Waals surface area contributed by atoms with Crippen LogP contribution in [0, 0.1) is 0 Å². The van der Waals surface area contributed by atoms with Gasteiger partial charge in [0, 0.05) is 25.1 Å². The number of benzene rings is 1. The molecule has 94 valence electrons. The zero-order chi connectivity index (χ0) is 12.3. The first kappa shape index (κ1) is 12.7. The van der Waals surface area contributed by atoms with Gasteiger partial charge < -0.3 is 18.9 Å². The van der Waals surface area contributed by atoms with E-state index in [-0.39, 0.29) is 12.4 Å². The second kappa shape index (κ2) is 5.71. The number of fused-ring (bicyclic) bond motifs is 1. The third kappa shape index (κ3) is 3.12. The summed E-state index contributed by atoms with van der Waals surface area (Å²) in [5.41, 5.74) is 0. The fourth-order valence-electron chi connectivity index (χ4n) is 1.71. The Morgan fingerprint density at radius 3 is 2.82 bits per heavy atom. The van der Waals surface area contributed by atoms with E-state index in [4.69, 9.17) is 18.9 Å². The van der Waals surface area contributed by atoms with Crippen LogP contribution < -0.4 is 9.47 Å². The van der Waals surface area contributed by atoms with Gasteiger partial charge in [-0.1, -0.05) is 15.9 Å². The quantitative estimate of drug-likeness (QED) is 0.801. The average molecular weight is 303 g/mol. The van der Waals surface area contributed by atoms with E-state index in [2.05, 4.69) is 15.9 Å². The van der Waals surface area contributed by atoms with E-state index in [1.165, 1.54) is 0 Å².